The van der Waals surface area contributed by atoms with Crippen LogP contribution >= 0.6 is 0 Å². The summed E-state index contributed by atoms with van der Waals surface area (Å²) in [7, 11) is 4.11. The smallest absolute Gasteiger partial charge is 0.230 e. The van der Waals surface area contributed by atoms with E-state index in [1.54, 1.807) is 17.3 Å². The van der Waals surface area contributed by atoms with E-state index in [1.807, 2.05) is 18.2 Å². The van der Waals surface area contributed by atoms with Gasteiger partial charge in [0.1, 0.15) is 11.5 Å². The Bertz CT molecular complexity index is 1290. The van der Waals surface area contributed by atoms with Crippen molar-refractivity contribution < 1.29 is 14.3 Å². The van der Waals surface area contributed by atoms with E-state index in [2.05, 4.69) is 51.1 Å². The van der Waals surface area contributed by atoms with Gasteiger partial charge in [-0.25, -0.2) is 9.97 Å². The monoisotopic (exact) mass is 534 g/mol. The zero-order chi connectivity index (χ0) is 27.4. The maximum Gasteiger partial charge on any atom is 0.230 e. The van der Waals surface area contributed by atoms with E-state index in [9.17, 15) is 9.59 Å². The number of aromatic nitrogens is 4. The van der Waals surface area contributed by atoms with Gasteiger partial charge in [0.05, 0.1) is 30.8 Å². The molecule has 2 atom stereocenters. The molecule has 0 spiro atoms. The fourth-order valence-corrected chi connectivity index (χ4v) is 5.36. The van der Waals surface area contributed by atoms with E-state index >= 15 is 0 Å². The number of pyridine rings is 1. The van der Waals surface area contributed by atoms with Crippen molar-refractivity contribution in [1.82, 2.24) is 29.7 Å². The number of aldehydes is 1. The van der Waals surface area contributed by atoms with Crippen LogP contribution in [0.1, 0.15) is 55.6 Å². The number of rotatable bonds is 6. The minimum Gasteiger partial charge on any atom is -0.378 e. The van der Waals surface area contributed by atoms with E-state index in [4.69, 9.17) is 9.72 Å². The van der Waals surface area contributed by atoms with Gasteiger partial charge in [0.2, 0.25) is 11.9 Å². The third-order valence-electron chi connectivity index (χ3n) is 7.58. The van der Waals surface area contributed by atoms with Crippen LogP contribution in [0.2, 0.25) is 0 Å². The van der Waals surface area contributed by atoms with Crippen LogP contribution in [0.25, 0.3) is 11.0 Å². The van der Waals surface area contributed by atoms with Crippen LogP contribution in [0.5, 0.6) is 0 Å². The highest BCUT2D eigenvalue weighted by atomic mass is 16.5. The van der Waals surface area contributed by atoms with Gasteiger partial charge in [-0.1, -0.05) is 19.8 Å². The van der Waals surface area contributed by atoms with Gasteiger partial charge < -0.3 is 29.7 Å². The van der Waals surface area contributed by atoms with Crippen molar-refractivity contribution in [3.05, 3.63) is 36.3 Å². The topological polar surface area (TPSA) is 118 Å². The lowest BCUT2D eigenvalue weighted by Crippen LogP contribution is -2.50. The van der Waals surface area contributed by atoms with Crippen molar-refractivity contribution in [2.45, 2.75) is 57.2 Å². The van der Waals surface area contributed by atoms with Gasteiger partial charge in [-0.15, -0.1) is 0 Å². The number of anilines is 3. The average molecular weight is 535 g/mol. The molecule has 2 unspecified atom stereocenters. The first-order chi connectivity index (χ1) is 18.9. The van der Waals surface area contributed by atoms with E-state index in [1.165, 1.54) is 12.8 Å². The van der Waals surface area contributed by atoms with Crippen LogP contribution in [0.15, 0.2) is 30.6 Å². The Balaban J connectivity index is 0.000000567. The predicted molar refractivity (Wildman–Crippen MR) is 151 cm³/mol. The predicted octanol–water partition coefficient (Wildman–Crippen LogP) is 3.16. The Morgan fingerprint density at radius 3 is 2.62 bits per heavy atom. The lowest BCUT2D eigenvalue weighted by molar-refractivity contribution is -0.118. The molecule has 6 rings (SSSR count). The molecule has 2 aliphatic heterocycles. The summed E-state index contributed by atoms with van der Waals surface area (Å²) in [6, 6.07) is 6.04. The molecule has 1 saturated carbocycles. The summed E-state index contributed by atoms with van der Waals surface area (Å²) in [4.78, 5) is 42.0. The molecule has 3 aromatic rings. The summed E-state index contributed by atoms with van der Waals surface area (Å²) >= 11 is 0. The number of ether oxygens (including phenoxy) is 1. The Labute approximate surface area is 228 Å². The molecule has 3 fully saturated rings. The SMILES string of the molecule is CCN(C)C.O=Cc1cc2cnc(Nc3ccc(N4CC5COCC(CC4=O)N5)cn3)nc2n1C1CCCC1. The first-order valence-electron chi connectivity index (χ1n) is 13.8. The highest BCUT2D eigenvalue weighted by Gasteiger charge is 2.32. The number of nitrogens with zero attached hydrogens (tertiary/aromatic N) is 6. The van der Waals surface area contributed by atoms with E-state index < -0.39 is 0 Å². The number of carbonyl (C=O) groups is 2. The minimum atomic E-state index is 0.0696. The highest BCUT2D eigenvalue weighted by molar-refractivity contribution is 5.94. The van der Waals surface area contributed by atoms with Crippen LogP contribution in [0.4, 0.5) is 17.5 Å². The van der Waals surface area contributed by atoms with Gasteiger partial charge in [0.25, 0.3) is 0 Å². The average Bonchev–Trinajstić information content (AvgIpc) is 3.58. The summed E-state index contributed by atoms with van der Waals surface area (Å²) < 4.78 is 7.67. The Hall–Kier alpha value is -3.41. The van der Waals surface area contributed by atoms with Crippen LogP contribution in [0.3, 0.4) is 0 Å². The van der Waals surface area contributed by atoms with Crippen molar-refractivity contribution in [2.24, 2.45) is 0 Å². The zero-order valence-corrected chi connectivity index (χ0v) is 23.0. The van der Waals surface area contributed by atoms with Crippen molar-refractivity contribution in [2.75, 3.05) is 50.6 Å². The normalized spacial score (nSPS) is 21.5. The van der Waals surface area contributed by atoms with Gasteiger partial charge in [-0.2, -0.15) is 4.98 Å². The number of morpholine rings is 1. The van der Waals surface area contributed by atoms with Crippen molar-refractivity contribution in [3.63, 3.8) is 0 Å². The van der Waals surface area contributed by atoms with E-state index in [0.29, 0.717) is 49.7 Å². The number of hydrogen-bond donors (Lipinski definition) is 2. The second-order valence-corrected chi connectivity index (χ2v) is 10.7. The quantitative estimate of drug-likeness (QED) is 0.460. The standard InChI is InChI=1S/C24H27N7O3.C4H11N/c32-12-20-7-15-9-26-24(29-23(15)31(20)18-3-1-2-4-18)28-21-6-5-19(10-25-21)30-11-17-14-34-13-16(27-17)8-22(30)33;1-4-5(2)3/h5-7,9-10,12,16-18,27H,1-4,8,11,13-14H2,(H,25,26,28,29);4H2,1-3H3. The van der Waals surface area contributed by atoms with Crippen molar-refractivity contribution >= 4 is 40.7 Å². The number of fused-ring (bicyclic) bond motifs is 3. The molecule has 2 bridgehead atoms. The summed E-state index contributed by atoms with van der Waals surface area (Å²) in [5.41, 5.74) is 2.16. The second kappa shape index (κ2) is 12.2. The van der Waals surface area contributed by atoms with E-state index in [-0.39, 0.29) is 18.0 Å². The summed E-state index contributed by atoms with van der Waals surface area (Å²) in [5.74, 6) is 1.07. The van der Waals surface area contributed by atoms with Gasteiger partial charge in [-0.3, -0.25) is 9.59 Å². The van der Waals surface area contributed by atoms with Gasteiger partial charge in [-0.05, 0) is 51.7 Å². The van der Waals surface area contributed by atoms with Gasteiger partial charge in [0, 0.05) is 42.7 Å². The van der Waals surface area contributed by atoms with Crippen LogP contribution in [0, 0.1) is 0 Å². The molecule has 208 valence electrons. The molecule has 0 aromatic carbocycles. The molecule has 39 heavy (non-hydrogen) atoms. The zero-order valence-electron chi connectivity index (χ0n) is 23.0. The van der Waals surface area contributed by atoms with Crippen molar-refractivity contribution in [1.29, 1.82) is 0 Å². The molecule has 11 nitrogen and oxygen atoms in total. The first-order valence-corrected chi connectivity index (χ1v) is 13.8. The lowest BCUT2D eigenvalue weighted by Gasteiger charge is -2.28. The number of hydrogen-bond acceptors (Lipinski definition) is 9. The fourth-order valence-electron chi connectivity index (χ4n) is 5.36. The summed E-state index contributed by atoms with van der Waals surface area (Å²) in [6.07, 6.45) is 9.18. The molecule has 11 heteroatoms. The van der Waals surface area contributed by atoms with Gasteiger partial charge in [0.15, 0.2) is 6.29 Å². The molecule has 2 saturated heterocycles. The minimum absolute atomic E-state index is 0.0696. The first kappa shape index (κ1) is 27.2. The molecule has 5 heterocycles. The summed E-state index contributed by atoms with van der Waals surface area (Å²) in [6.45, 7) is 4.99. The summed E-state index contributed by atoms with van der Waals surface area (Å²) in [5, 5.41) is 7.49. The molecular formula is C28H38N8O3. The second-order valence-electron chi connectivity index (χ2n) is 10.7. The lowest BCUT2D eigenvalue weighted by atomic mass is 10.2. The molecule has 1 amide bonds. The third kappa shape index (κ3) is 6.26. The Morgan fingerprint density at radius 1 is 1.15 bits per heavy atom. The molecule has 1 aliphatic carbocycles. The Kier molecular flexibility index (Phi) is 8.49. The largest absolute Gasteiger partial charge is 0.378 e. The van der Waals surface area contributed by atoms with Gasteiger partial charge >= 0.3 is 0 Å². The number of nitrogens with one attached hydrogen (secondary N) is 2. The number of amides is 1. The maximum absolute atomic E-state index is 12.8. The molecule has 2 N–H and O–H groups in total. The number of carbonyl (C=O) groups excluding carboxylic acids is 2. The van der Waals surface area contributed by atoms with Crippen LogP contribution in [-0.4, -0.2) is 89.1 Å². The van der Waals surface area contributed by atoms with Crippen molar-refractivity contribution in [3.8, 4) is 0 Å². The Morgan fingerprint density at radius 2 is 1.92 bits per heavy atom. The molecule has 3 aliphatic rings. The molecule has 3 aromatic heterocycles. The third-order valence-corrected chi connectivity index (χ3v) is 7.58. The van der Waals surface area contributed by atoms with E-state index in [0.717, 1.165) is 42.4 Å². The van der Waals surface area contributed by atoms with Crippen LogP contribution in [-0.2, 0) is 9.53 Å². The fraction of sp³-hybridized carbons (Fsp3) is 0.536. The maximum atomic E-state index is 12.8. The van der Waals surface area contributed by atoms with Crippen LogP contribution < -0.4 is 15.5 Å². The highest BCUT2D eigenvalue weighted by Crippen LogP contribution is 2.34. The molecule has 0 radical (unpaired) electrons. The molecular weight excluding hydrogens is 496 g/mol.